The Morgan fingerprint density at radius 3 is 1.91 bits per heavy atom. The molecule has 12 N–H and O–H groups in total. The van der Waals surface area contributed by atoms with Gasteiger partial charge in [0, 0.05) is 29.3 Å². The number of aliphatic carboxylic acids is 1. The highest BCUT2D eigenvalue weighted by atomic mass is 32.1. The topological polar surface area (TPSA) is 280 Å². The molecule has 306 valence electrons. The summed E-state index contributed by atoms with van der Waals surface area (Å²) in [6.45, 7) is 8.51. The van der Waals surface area contributed by atoms with Gasteiger partial charge in [-0.05, 0) is 56.2 Å². The first-order chi connectivity index (χ1) is 26.1. The van der Waals surface area contributed by atoms with Crippen molar-refractivity contribution in [1.82, 2.24) is 36.9 Å². The number of nitrogens with two attached hydrogens (primary N) is 2. The van der Waals surface area contributed by atoms with Crippen molar-refractivity contribution in [2.24, 2.45) is 23.3 Å². The maximum absolute atomic E-state index is 14.2. The molecule has 17 nitrogen and oxygen atoms in total. The van der Waals surface area contributed by atoms with Crippen LogP contribution in [0, 0.1) is 11.8 Å². The highest BCUT2D eigenvalue weighted by Gasteiger charge is 2.35. The first kappa shape index (κ1) is 46.5. The fourth-order valence-electron chi connectivity index (χ4n) is 5.68. The molecule has 1 heterocycles. The summed E-state index contributed by atoms with van der Waals surface area (Å²) in [5.74, 6) is -6.18. The van der Waals surface area contributed by atoms with E-state index in [9.17, 15) is 38.7 Å². The molecular weight excluding hydrogens is 731 g/mol. The van der Waals surface area contributed by atoms with Crippen molar-refractivity contribution in [1.29, 1.82) is 0 Å². The third-order valence-corrected chi connectivity index (χ3v) is 9.92. The Kier molecular flexibility index (Phi) is 19.7. The maximum Gasteiger partial charge on any atom is 0.327 e. The number of hydrogen-bond acceptors (Lipinski definition) is 10. The minimum absolute atomic E-state index is 0.00642. The third-order valence-electron chi connectivity index (χ3n) is 9.55. The molecule has 55 heavy (non-hydrogen) atoms. The van der Waals surface area contributed by atoms with E-state index in [1.807, 2.05) is 38.1 Å². The number of carbonyl (C=O) groups excluding carboxylic acids is 6. The molecule has 0 fully saturated rings. The largest absolute Gasteiger partial charge is 0.480 e. The van der Waals surface area contributed by atoms with E-state index in [4.69, 9.17) is 11.5 Å². The highest BCUT2D eigenvalue weighted by Crippen LogP contribution is 2.20. The number of benzene rings is 1. The van der Waals surface area contributed by atoms with Crippen molar-refractivity contribution in [3.8, 4) is 0 Å². The molecule has 6 amide bonds. The standard InChI is InChI=1S/C37H59N9O8S/c1-6-20(3)30(35(51)41-18-29(47)42-28(19-55)37(53)54)45-34(50)27(16-23-17-40-25-13-9-8-12-24(23)25)44-36(52)31(21(4)7-2)46-33(49)26(14-10-11-15-38)43-32(48)22(5)39/h8-9,12-13,17,20-22,26-28,30-31,40,55H,6-7,10-11,14-16,18-19,38-39H2,1-5H3,(H,41,51)(H,42,47)(H,43,48)(H,44,52)(H,45,50)(H,46,49)(H,53,54)/t20-,21-,22-,26-,27-,28-,30-,31-/m0/s1. The fourth-order valence-corrected chi connectivity index (χ4v) is 5.92. The second-order valence-electron chi connectivity index (χ2n) is 13.9. The van der Waals surface area contributed by atoms with Gasteiger partial charge in [0.2, 0.25) is 35.4 Å². The van der Waals surface area contributed by atoms with Gasteiger partial charge in [0.05, 0.1) is 12.6 Å². The minimum atomic E-state index is -1.28. The van der Waals surface area contributed by atoms with Crippen LogP contribution < -0.4 is 43.4 Å². The lowest BCUT2D eigenvalue weighted by Gasteiger charge is -2.30. The number of aromatic nitrogens is 1. The fraction of sp³-hybridized carbons (Fsp3) is 0.595. The molecule has 1 aromatic carbocycles. The number of hydrogen-bond donors (Lipinski definition) is 11. The number of thiol groups is 1. The van der Waals surface area contributed by atoms with Gasteiger partial charge in [-0.25, -0.2) is 4.79 Å². The summed E-state index contributed by atoms with van der Waals surface area (Å²) in [6, 6.07) is 0.818. The molecule has 18 heteroatoms. The van der Waals surface area contributed by atoms with E-state index < -0.39 is 96.0 Å². The van der Waals surface area contributed by atoms with Crippen molar-refractivity contribution >= 4 is 64.9 Å². The molecule has 0 aliphatic carbocycles. The van der Waals surface area contributed by atoms with Crippen LogP contribution in [0.3, 0.4) is 0 Å². The summed E-state index contributed by atoms with van der Waals surface area (Å²) in [6.07, 6.45) is 4.08. The predicted octanol–water partition coefficient (Wildman–Crippen LogP) is -0.167. The van der Waals surface area contributed by atoms with Crippen LogP contribution in [0.25, 0.3) is 10.9 Å². The molecule has 2 rings (SSSR count). The summed E-state index contributed by atoms with van der Waals surface area (Å²) in [5, 5.41) is 25.8. The number of rotatable bonds is 24. The van der Waals surface area contributed by atoms with Crippen molar-refractivity contribution in [2.45, 2.75) is 109 Å². The molecule has 0 aliphatic rings. The molecule has 0 radical (unpaired) electrons. The number of para-hydroxylation sites is 1. The Labute approximate surface area is 327 Å². The average Bonchev–Trinajstić information content (AvgIpc) is 3.57. The quantitative estimate of drug-likeness (QED) is 0.0494. The number of fused-ring (bicyclic) bond motifs is 1. The van der Waals surface area contributed by atoms with Crippen LogP contribution in [-0.2, 0) is 40.0 Å². The summed E-state index contributed by atoms with van der Waals surface area (Å²) in [5.41, 5.74) is 12.9. The Balaban J connectivity index is 2.41. The second kappa shape index (κ2) is 23.3. The van der Waals surface area contributed by atoms with Gasteiger partial charge in [-0.2, -0.15) is 12.6 Å². The Morgan fingerprint density at radius 1 is 0.764 bits per heavy atom. The zero-order valence-electron chi connectivity index (χ0n) is 32.3. The second-order valence-corrected chi connectivity index (χ2v) is 14.2. The zero-order valence-corrected chi connectivity index (χ0v) is 33.2. The number of nitrogens with one attached hydrogen (secondary N) is 7. The smallest absolute Gasteiger partial charge is 0.327 e. The first-order valence-corrected chi connectivity index (χ1v) is 19.3. The Morgan fingerprint density at radius 2 is 1.35 bits per heavy atom. The highest BCUT2D eigenvalue weighted by molar-refractivity contribution is 7.80. The molecule has 0 saturated carbocycles. The van der Waals surface area contributed by atoms with E-state index in [1.54, 1.807) is 20.0 Å². The lowest BCUT2D eigenvalue weighted by Crippen LogP contribution is -2.61. The lowest BCUT2D eigenvalue weighted by molar-refractivity contribution is -0.141. The molecule has 0 unspecified atom stereocenters. The third kappa shape index (κ3) is 14.5. The first-order valence-electron chi connectivity index (χ1n) is 18.7. The van der Waals surface area contributed by atoms with Crippen molar-refractivity contribution < 1.29 is 38.7 Å². The number of carboxylic acids is 1. The van der Waals surface area contributed by atoms with Crippen molar-refractivity contribution in [2.75, 3.05) is 18.8 Å². The zero-order chi connectivity index (χ0) is 41.2. The van der Waals surface area contributed by atoms with Gasteiger partial charge in [0.1, 0.15) is 30.2 Å². The normalized spacial score (nSPS) is 15.6. The van der Waals surface area contributed by atoms with Crippen LogP contribution in [0.4, 0.5) is 0 Å². The molecule has 0 spiro atoms. The number of H-pyrrole nitrogens is 1. The summed E-state index contributed by atoms with van der Waals surface area (Å²) in [4.78, 5) is 94.7. The SMILES string of the molecule is CC[C@H](C)[C@H](NC(=O)[C@H](Cc1c[nH]c2ccccc12)NC(=O)[C@@H](NC(=O)[C@H](CCCCN)NC(=O)[C@H](C)N)[C@@H](C)CC)C(=O)NCC(=O)N[C@@H](CS)C(=O)O. The van der Waals surface area contributed by atoms with Crippen LogP contribution in [0.2, 0.25) is 0 Å². The Bertz CT molecular complexity index is 1620. The maximum atomic E-state index is 14.2. The lowest BCUT2D eigenvalue weighted by atomic mass is 9.95. The van der Waals surface area contributed by atoms with E-state index in [-0.39, 0.29) is 18.6 Å². The van der Waals surface area contributed by atoms with Gasteiger partial charge in [-0.15, -0.1) is 0 Å². The van der Waals surface area contributed by atoms with Crippen molar-refractivity contribution in [3.63, 3.8) is 0 Å². The van der Waals surface area contributed by atoms with Gasteiger partial charge in [0.15, 0.2) is 0 Å². The minimum Gasteiger partial charge on any atom is -0.480 e. The van der Waals surface area contributed by atoms with E-state index in [0.29, 0.717) is 37.8 Å². The van der Waals surface area contributed by atoms with Crippen LogP contribution in [0.15, 0.2) is 30.5 Å². The predicted molar refractivity (Wildman–Crippen MR) is 212 cm³/mol. The van der Waals surface area contributed by atoms with Gasteiger partial charge < -0.3 is 53.5 Å². The van der Waals surface area contributed by atoms with Crippen LogP contribution >= 0.6 is 12.6 Å². The van der Waals surface area contributed by atoms with Crippen LogP contribution in [-0.4, -0.2) is 107 Å². The van der Waals surface area contributed by atoms with E-state index >= 15 is 0 Å². The monoisotopic (exact) mass is 789 g/mol. The van der Waals surface area contributed by atoms with E-state index in [1.165, 1.54) is 6.92 Å². The van der Waals surface area contributed by atoms with Gasteiger partial charge in [-0.1, -0.05) is 58.7 Å². The molecule has 8 atom stereocenters. The van der Waals surface area contributed by atoms with E-state index in [2.05, 4.69) is 49.5 Å². The molecular formula is C37H59N9O8S. The number of carbonyl (C=O) groups is 7. The summed E-state index contributed by atoms with van der Waals surface area (Å²) in [7, 11) is 0. The molecule has 0 bridgehead atoms. The van der Waals surface area contributed by atoms with Crippen molar-refractivity contribution in [3.05, 3.63) is 36.0 Å². The molecule has 0 aliphatic heterocycles. The van der Waals surface area contributed by atoms with Gasteiger partial charge in [-0.3, -0.25) is 28.8 Å². The van der Waals surface area contributed by atoms with E-state index in [0.717, 1.165) is 10.9 Å². The molecule has 1 aromatic heterocycles. The van der Waals surface area contributed by atoms with Crippen LogP contribution in [0.1, 0.15) is 72.3 Å². The van der Waals surface area contributed by atoms with Crippen LogP contribution in [0.5, 0.6) is 0 Å². The van der Waals surface area contributed by atoms with Gasteiger partial charge >= 0.3 is 5.97 Å². The van der Waals surface area contributed by atoms with Gasteiger partial charge in [0.25, 0.3) is 0 Å². The molecule has 2 aromatic rings. The molecule has 0 saturated heterocycles. The average molecular weight is 790 g/mol. The summed E-state index contributed by atoms with van der Waals surface area (Å²) < 4.78 is 0. The number of unbranched alkanes of at least 4 members (excludes halogenated alkanes) is 1. The number of amides is 6. The Hall–Kier alpha value is -4.68. The summed E-state index contributed by atoms with van der Waals surface area (Å²) >= 11 is 3.92. The number of aromatic amines is 1. The number of carboxylic acid groups (broad SMARTS) is 1.